The maximum absolute atomic E-state index is 12.7. The molecule has 4 rings (SSSR count). The molecule has 0 saturated carbocycles. The van der Waals surface area contributed by atoms with Gasteiger partial charge in [-0.2, -0.15) is 5.10 Å². The molecular weight excluding hydrogens is 368 g/mol. The van der Waals surface area contributed by atoms with E-state index in [1.54, 1.807) is 11.3 Å². The summed E-state index contributed by atoms with van der Waals surface area (Å²) >= 11 is 1.68. The summed E-state index contributed by atoms with van der Waals surface area (Å²) in [5, 5.41) is 10.3. The fourth-order valence-electron chi connectivity index (χ4n) is 3.68. The molecule has 3 heterocycles. The number of benzene rings is 1. The zero-order chi connectivity index (χ0) is 19.3. The Morgan fingerprint density at radius 2 is 2.14 bits per heavy atom. The van der Waals surface area contributed by atoms with E-state index in [4.69, 9.17) is 5.10 Å². The quantitative estimate of drug-likeness (QED) is 0.660. The third kappa shape index (κ3) is 4.34. The van der Waals surface area contributed by atoms with E-state index < -0.39 is 0 Å². The molecule has 1 N–H and O–H groups in total. The van der Waals surface area contributed by atoms with Crippen molar-refractivity contribution in [3.63, 3.8) is 0 Å². The number of aromatic nitrogens is 2. The molecule has 2 aromatic heterocycles. The van der Waals surface area contributed by atoms with Crippen LogP contribution in [0.3, 0.4) is 0 Å². The lowest BCUT2D eigenvalue weighted by Gasteiger charge is -2.18. The van der Waals surface area contributed by atoms with Gasteiger partial charge in [-0.25, -0.2) is 4.68 Å². The van der Waals surface area contributed by atoms with E-state index in [0.717, 1.165) is 41.3 Å². The van der Waals surface area contributed by atoms with Crippen molar-refractivity contribution in [3.8, 4) is 16.3 Å². The summed E-state index contributed by atoms with van der Waals surface area (Å²) < 4.78 is 1.91. The Hall–Kier alpha value is -2.44. The smallest absolute Gasteiger partial charge is 0.222 e. The molecule has 6 heteroatoms. The van der Waals surface area contributed by atoms with Crippen LogP contribution in [-0.4, -0.2) is 40.7 Å². The predicted molar refractivity (Wildman–Crippen MR) is 114 cm³/mol. The molecule has 1 saturated heterocycles. The second-order valence-corrected chi connectivity index (χ2v) is 8.36. The summed E-state index contributed by atoms with van der Waals surface area (Å²) in [6.45, 7) is 2.70. The van der Waals surface area contributed by atoms with Crippen molar-refractivity contribution in [3.05, 3.63) is 59.6 Å². The first-order chi connectivity index (χ1) is 13.7. The highest BCUT2D eigenvalue weighted by atomic mass is 32.1. The average Bonchev–Trinajstić information content (AvgIpc) is 3.47. The summed E-state index contributed by atoms with van der Waals surface area (Å²) in [4.78, 5) is 15.6. The van der Waals surface area contributed by atoms with Crippen molar-refractivity contribution in [1.29, 1.82) is 0 Å². The van der Waals surface area contributed by atoms with E-state index >= 15 is 0 Å². The minimum Gasteiger partial charge on any atom is -0.341 e. The van der Waals surface area contributed by atoms with Gasteiger partial charge in [0.15, 0.2) is 0 Å². The lowest BCUT2D eigenvalue weighted by atomic mass is 10.0. The molecule has 146 valence electrons. The van der Waals surface area contributed by atoms with Gasteiger partial charge in [-0.15, -0.1) is 11.3 Å². The van der Waals surface area contributed by atoms with Gasteiger partial charge in [0.1, 0.15) is 5.69 Å². The summed E-state index contributed by atoms with van der Waals surface area (Å²) in [7, 11) is 1.90. The van der Waals surface area contributed by atoms with Gasteiger partial charge < -0.3 is 10.2 Å². The first-order valence-electron chi connectivity index (χ1n) is 9.83. The maximum atomic E-state index is 12.7. The maximum Gasteiger partial charge on any atom is 0.222 e. The Morgan fingerprint density at radius 1 is 1.29 bits per heavy atom. The van der Waals surface area contributed by atoms with E-state index in [1.165, 1.54) is 6.42 Å². The number of nitrogens with one attached hydrogen (secondary N) is 1. The molecule has 1 unspecified atom stereocenters. The van der Waals surface area contributed by atoms with Crippen LogP contribution >= 0.6 is 11.3 Å². The number of hydrogen-bond acceptors (Lipinski definition) is 4. The lowest BCUT2D eigenvalue weighted by Crippen LogP contribution is -2.26. The summed E-state index contributed by atoms with van der Waals surface area (Å²) in [5.41, 5.74) is 3.05. The minimum atomic E-state index is 0.205. The van der Waals surface area contributed by atoms with E-state index in [-0.39, 0.29) is 5.91 Å². The largest absolute Gasteiger partial charge is 0.341 e. The van der Waals surface area contributed by atoms with Crippen molar-refractivity contribution >= 4 is 17.2 Å². The Labute approximate surface area is 170 Å². The van der Waals surface area contributed by atoms with Crippen LogP contribution in [0.2, 0.25) is 0 Å². The summed E-state index contributed by atoms with van der Waals surface area (Å²) in [5.74, 6) is 0.844. The Bertz CT molecular complexity index is 898. The van der Waals surface area contributed by atoms with Crippen LogP contribution in [0.1, 0.15) is 24.8 Å². The van der Waals surface area contributed by atoms with Crippen LogP contribution in [0.5, 0.6) is 0 Å². The van der Waals surface area contributed by atoms with Gasteiger partial charge in [-0.05, 0) is 55.4 Å². The topological polar surface area (TPSA) is 50.2 Å². The monoisotopic (exact) mass is 394 g/mol. The van der Waals surface area contributed by atoms with Crippen molar-refractivity contribution in [1.82, 2.24) is 20.0 Å². The van der Waals surface area contributed by atoms with Crippen LogP contribution in [0.15, 0.2) is 54.0 Å². The van der Waals surface area contributed by atoms with Crippen LogP contribution in [0, 0.1) is 5.92 Å². The van der Waals surface area contributed by atoms with Crippen LogP contribution in [0.25, 0.3) is 16.3 Å². The van der Waals surface area contributed by atoms with Gasteiger partial charge >= 0.3 is 0 Å². The van der Waals surface area contributed by atoms with Gasteiger partial charge in [0.05, 0.1) is 10.6 Å². The van der Waals surface area contributed by atoms with Gasteiger partial charge in [0.25, 0.3) is 0 Å². The molecule has 1 amide bonds. The molecule has 0 aliphatic carbocycles. The number of carbonyl (C=O) groups excluding carboxylic acids is 1. The second-order valence-electron chi connectivity index (χ2n) is 7.41. The number of thiophene rings is 1. The second kappa shape index (κ2) is 8.71. The van der Waals surface area contributed by atoms with Gasteiger partial charge in [0, 0.05) is 31.8 Å². The van der Waals surface area contributed by atoms with Crippen LogP contribution < -0.4 is 5.32 Å². The highest BCUT2D eigenvalue weighted by Crippen LogP contribution is 2.28. The summed E-state index contributed by atoms with van der Waals surface area (Å²) in [6.07, 6.45) is 4.82. The molecule has 1 aliphatic heterocycles. The van der Waals surface area contributed by atoms with Crippen molar-refractivity contribution in [2.75, 3.05) is 20.1 Å². The number of carbonyl (C=O) groups is 1. The first kappa shape index (κ1) is 18.9. The molecule has 0 bridgehead atoms. The predicted octanol–water partition coefficient (Wildman–Crippen LogP) is 3.95. The first-order valence-corrected chi connectivity index (χ1v) is 10.7. The molecular formula is C22H26N4OS. The SMILES string of the molecule is CN(Cc1cn(-c2ccccc2)nc1-c1cccs1)C(=O)CCC1CCNC1. The lowest BCUT2D eigenvalue weighted by molar-refractivity contribution is -0.130. The van der Waals surface area contributed by atoms with Crippen LogP contribution in [-0.2, 0) is 11.3 Å². The zero-order valence-electron chi connectivity index (χ0n) is 16.2. The molecule has 3 aromatic rings. The van der Waals surface area contributed by atoms with Crippen LogP contribution in [0.4, 0.5) is 0 Å². The molecule has 1 fully saturated rings. The number of nitrogens with zero attached hydrogens (tertiary/aromatic N) is 3. The Morgan fingerprint density at radius 3 is 2.86 bits per heavy atom. The van der Waals surface area contributed by atoms with Gasteiger partial charge in [-0.1, -0.05) is 24.3 Å². The van der Waals surface area contributed by atoms with E-state index in [0.29, 0.717) is 18.9 Å². The number of rotatable bonds is 7. The number of amides is 1. The van der Waals surface area contributed by atoms with Gasteiger partial charge in [0.2, 0.25) is 5.91 Å². The standard InChI is InChI=1S/C22H26N4OS/c1-25(21(27)10-9-17-11-12-23-14-17)15-18-16-26(19-6-3-2-4-7-19)24-22(18)20-8-5-13-28-20/h2-8,13,16-17,23H,9-12,14-15H2,1H3. The molecule has 5 nitrogen and oxygen atoms in total. The van der Waals surface area contributed by atoms with Crippen molar-refractivity contribution in [2.24, 2.45) is 5.92 Å². The molecule has 1 aliphatic rings. The molecule has 1 aromatic carbocycles. The van der Waals surface area contributed by atoms with Crippen molar-refractivity contribution < 1.29 is 4.79 Å². The normalized spacial score (nSPS) is 16.4. The zero-order valence-corrected chi connectivity index (χ0v) is 17.0. The number of hydrogen-bond donors (Lipinski definition) is 1. The fraction of sp³-hybridized carbons (Fsp3) is 0.364. The van der Waals surface area contributed by atoms with E-state index in [2.05, 4.69) is 23.0 Å². The molecule has 28 heavy (non-hydrogen) atoms. The third-order valence-electron chi connectivity index (χ3n) is 5.33. The number of para-hydroxylation sites is 1. The Balaban J connectivity index is 1.50. The molecule has 0 radical (unpaired) electrons. The van der Waals surface area contributed by atoms with E-state index in [9.17, 15) is 4.79 Å². The van der Waals surface area contributed by atoms with E-state index in [1.807, 2.05) is 53.0 Å². The van der Waals surface area contributed by atoms with Crippen molar-refractivity contribution in [2.45, 2.75) is 25.8 Å². The fourth-order valence-corrected chi connectivity index (χ4v) is 4.43. The minimum absolute atomic E-state index is 0.205. The summed E-state index contributed by atoms with van der Waals surface area (Å²) in [6, 6.07) is 14.2. The molecule has 1 atom stereocenters. The molecule has 0 spiro atoms. The Kier molecular flexibility index (Phi) is 5.88. The third-order valence-corrected chi connectivity index (χ3v) is 6.20. The highest BCUT2D eigenvalue weighted by molar-refractivity contribution is 7.13. The average molecular weight is 395 g/mol. The highest BCUT2D eigenvalue weighted by Gasteiger charge is 2.20. The van der Waals surface area contributed by atoms with Gasteiger partial charge in [-0.3, -0.25) is 4.79 Å².